The molecule has 92 valence electrons. The molecular formula is C11H19NO4. The summed E-state index contributed by atoms with van der Waals surface area (Å²) in [5.41, 5.74) is -1.03. The number of hydrogen-bond donors (Lipinski definition) is 1. The summed E-state index contributed by atoms with van der Waals surface area (Å²) in [7, 11) is 0. The molecule has 0 aromatic heterocycles. The van der Waals surface area contributed by atoms with E-state index in [9.17, 15) is 9.90 Å². The van der Waals surface area contributed by atoms with Crippen molar-refractivity contribution in [1.82, 2.24) is 4.90 Å². The molecule has 1 N–H and O–H groups in total. The van der Waals surface area contributed by atoms with Gasteiger partial charge in [0.05, 0.1) is 18.8 Å². The lowest BCUT2D eigenvalue weighted by molar-refractivity contribution is -0.0813. The van der Waals surface area contributed by atoms with Crippen LogP contribution in [-0.2, 0) is 9.47 Å². The van der Waals surface area contributed by atoms with E-state index in [1.54, 1.807) is 4.90 Å². The van der Waals surface area contributed by atoms with Gasteiger partial charge in [0, 0.05) is 6.54 Å². The smallest absolute Gasteiger partial charge is 0.410 e. The molecule has 0 aliphatic carbocycles. The minimum atomic E-state index is -0.589. The first-order valence-electron chi connectivity index (χ1n) is 5.62. The SMILES string of the molecule is CC(C)(C)OC(=O)N1CCC12COCC2O. The fourth-order valence-electron chi connectivity index (χ4n) is 2.20. The van der Waals surface area contributed by atoms with Gasteiger partial charge >= 0.3 is 6.09 Å². The summed E-state index contributed by atoms with van der Waals surface area (Å²) in [6, 6.07) is 0. The van der Waals surface area contributed by atoms with Gasteiger partial charge < -0.3 is 14.6 Å². The monoisotopic (exact) mass is 229 g/mol. The number of aliphatic hydroxyl groups excluding tert-OH is 1. The summed E-state index contributed by atoms with van der Waals surface area (Å²) < 4.78 is 10.5. The second kappa shape index (κ2) is 3.60. The number of carbonyl (C=O) groups excluding carboxylic acids is 1. The van der Waals surface area contributed by atoms with Crippen LogP contribution in [0.1, 0.15) is 27.2 Å². The van der Waals surface area contributed by atoms with Crippen molar-refractivity contribution in [2.24, 2.45) is 0 Å². The van der Waals surface area contributed by atoms with Crippen molar-refractivity contribution in [2.45, 2.75) is 44.4 Å². The lowest BCUT2D eigenvalue weighted by Gasteiger charge is -2.50. The lowest BCUT2D eigenvalue weighted by atomic mass is 9.82. The standard InChI is InChI=1S/C11H19NO4/c1-10(2,3)16-9(14)12-5-4-11(12)7-15-6-8(11)13/h8,13H,4-7H2,1-3H3. The van der Waals surface area contributed by atoms with Crippen LogP contribution in [0.25, 0.3) is 0 Å². The molecule has 1 spiro atoms. The van der Waals surface area contributed by atoms with Crippen molar-refractivity contribution in [3.8, 4) is 0 Å². The highest BCUT2D eigenvalue weighted by Gasteiger charge is 2.56. The average molecular weight is 229 g/mol. The summed E-state index contributed by atoms with van der Waals surface area (Å²) in [6.07, 6.45) is -0.162. The zero-order valence-electron chi connectivity index (χ0n) is 10.0. The molecule has 0 saturated carbocycles. The Hall–Kier alpha value is -0.810. The number of hydrogen-bond acceptors (Lipinski definition) is 4. The number of carbonyl (C=O) groups is 1. The fraction of sp³-hybridized carbons (Fsp3) is 0.909. The van der Waals surface area contributed by atoms with E-state index in [0.717, 1.165) is 6.42 Å². The molecule has 0 aromatic rings. The first-order chi connectivity index (χ1) is 7.35. The van der Waals surface area contributed by atoms with Crippen LogP contribution in [0.3, 0.4) is 0 Å². The van der Waals surface area contributed by atoms with Crippen molar-refractivity contribution < 1.29 is 19.4 Å². The molecule has 5 nitrogen and oxygen atoms in total. The molecule has 0 aromatic carbocycles. The number of nitrogens with zero attached hydrogens (tertiary/aromatic N) is 1. The molecule has 2 aliphatic heterocycles. The molecule has 2 fully saturated rings. The maximum atomic E-state index is 11.9. The molecule has 2 heterocycles. The number of ether oxygens (including phenoxy) is 2. The van der Waals surface area contributed by atoms with Gasteiger partial charge in [-0.05, 0) is 27.2 Å². The molecule has 2 aliphatic rings. The summed E-state index contributed by atoms with van der Waals surface area (Å²) in [5.74, 6) is 0. The van der Waals surface area contributed by atoms with Gasteiger partial charge in [-0.25, -0.2) is 4.79 Å². The minimum Gasteiger partial charge on any atom is -0.444 e. The topological polar surface area (TPSA) is 59.0 Å². The summed E-state index contributed by atoms with van der Waals surface area (Å²) >= 11 is 0. The zero-order valence-corrected chi connectivity index (χ0v) is 10.0. The fourth-order valence-corrected chi connectivity index (χ4v) is 2.20. The van der Waals surface area contributed by atoms with Crippen LogP contribution >= 0.6 is 0 Å². The maximum Gasteiger partial charge on any atom is 0.410 e. The van der Waals surface area contributed by atoms with Crippen LogP contribution in [0.4, 0.5) is 4.79 Å². The van der Waals surface area contributed by atoms with Crippen LogP contribution < -0.4 is 0 Å². The van der Waals surface area contributed by atoms with Gasteiger partial charge in [0.15, 0.2) is 0 Å². The van der Waals surface area contributed by atoms with E-state index in [-0.39, 0.29) is 6.09 Å². The van der Waals surface area contributed by atoms with Crippen LogP contribution in [-0.4, -0.2) is 53.1 Å². The molecular weight excluding hydrogens is 210 g/mol. The molecule has 16 heavy (non-hydrogen) atoms. The molecule has 1 amide bonds. The van der Waals surface area contributed by atoms with E-state index in [2.05, 4.69) is 0 Å². The van der Waals surface area contributed by atoms with Gasteiger partial charge in [0.2, 0.25) is 0 Å². The Morgan fingerprint density at radius 3 is 2.62 bits per heavy atom. The van der Waals surface area contributed by atoms with E-state index in [1.165, 1.54) is 0 Å². The van der Waals surface area contributed by atoms with Crippen LogP contribution in [0.15, 0.2) is 0 Å². The van der Waals surface area contributed by atoms with Crippen LogP contribution in [0.2, 0.25) is 0 Å². The quantitative estimate of drug-likeness (QED) is 0.666. The summed E-state index contributed by atoms with van der Waals surface area (Å²) in [6.45, 7) is 6.85. The highest BCUT2D eigenvalue weighted by Crippen LogP contribution is 2.39. The maximum absolute atomic E-state index is 11.9. The Kier molecular flexibility index (Phi) is 2.62. The first kappa shape index (κ1) is 11.7. The molecule has 5 heteroatoms. The van der Waals surface area contributed by atoms with E-state index < -0.39 is 17.2 Å². The van der Waals surface area contributed by atoms with E-state index in [4.69, 9.17) is 9.47 Å². The molecule has 2 atom stereocenters. The van der Waals surface area contributed by atoms with Gasteiger partial charge in [0.25, 0.3) is 0 Å². The first-order valence-corrected chi connectivity index (χ1v) is 5.62. The van der Waals surface area contributed by atoms with E-state index in [0.29, 0.717) is 19.8 Å². The largest absolute Gasteiger partial charge is 0.444 e. The van der Waals surface area contributed by atoms with Crippen molar-refractivity contribution >= 4 is 6.09 Å². The van der Waals surface area contributed by atoms with E-state index in [1.807, 2.05) is 20.8 Å². The molecule has 0 bridgehead atoms. The van der Waals surface area contributed by atoms with Gasteiger partial charge in [-0.2, -0.15) is 0 Å². The van der Waals surface area contributed by atoms with Crippen LogP contribution in [0.5, 0.6) is 0 Å². The normalized spacial score (nSPS) is 34.0. The Labute approximate surface area is 95.3 Å². The number of amides is 1. The lowest BCUT2D eigenvalue weighted by Crippen LogP contribution is -2.68. The van der Waals surface area contributed by atoms with Gasteiger partial charge in [-0.15, -0.1) is 0 Å². The molecule has 2 unspecified atom stereocenters. The highest BCUT2D eigenvalue weighted by atomic mass is 16.6. The minimum absolute atomic E-state index is 0.305. The Morgan fingerprint density at radius 1 is 1.56 bits per heavy atom. The van der Waals surface area contributed by atoms with Gasteiger partial charge in [-0.3, -0.25) is 4.90 Å². The van der Waals surface area contributed by atoms with Crippen molar-refractivity contribution in [3.05, 3.63) is 0 Å². The molecule has 2 saturated heterocycles. The second-order valence-electron chi connectivity index (χ2n) is 5.52. The summed E-state index contributed by atoms with van der Waals surface area (Å²) in [4.78, 5) is 13.5. The van der Waals surface area contributed by atoms with Crippen molar-refractivity contribution in [3.63, 3.8) is 0 Å². The Balaban J connectivity index is 2.03. The van der Waals surface area contributed by atoms with Crippen molar-refractivity contribution in [2.75, 3.05) is 19.8 Å². The second-order valence-corrected chi connectivity index (χ2v) is 5.52. The number of aliphatic hydroxyl groups is 1. The molecule has 0 radical (unpaired) electrons. The highest BCUT2D eigenvalue weighted by molar-refractivity contribution is 5.70. The number of likely N-dealkylation sites (tertiary alicyclic amines) is 1. The van der Waals surface area contributed by atoms with E-state index >= 15 is 0 Å². The third-order valence-corrected chi connectivity index (χ3v) is 3.17. The average Bonchev–Trinajstić information content (AvgIpc) is 2.43. The third kappa shape index (κ3) is 1.78. The zero-order chi connectivity index (χ0) is 12.0. The Morgan fingerprint density at radius 2 is 2.25 bits per heavy atom. The molecule has 2 rings (SSSR count). The predicted molar refractivity (Wildman–Crippen MR) is 57.1 cm³/mol. The third-order valence-electron chi connectivity index (χ3n) is 3.17. The number of rotatable bonds is 0. The van der Waals surface area contributed by atoms with Gasteiger partial charge in [0.1, 0.15) is 11.7 Å². The summed E-state index contributed by atoms with van der Waals surface area (Å²) in [5, 5.41) is 9.84. The van der Waals surface area contributed by atoms with Gasteiger partial charge in [-0.1, -0.05) is 0 Å². The Bertz CT molecular complexity index is 299. The van der Waals surface area contributed by atoms with Crippen LogP contribution in [0, 0.1) is 0 Å². The van der Waals surface area contributed by atoms with Crippen molar-refractivity contribution in [1.29, 1.82) is 0 Å². The predicted octanol–water partition coefficient (Wildman–Crippen LogP) is 0.757.